The highest BCUT2D eigenvalue weighted by Gasteiger charge is 2.28. The first-order chi connectivity index (χ1) is 11.1. The lowest BCUT2D eigenvalue weighted by molar-refractivity contribution is 0.414. The zero-order chi connectivity index (χ0) is 16.4. The van der Waals surface area contributed by atoms with Gasteiger partial charge in [-0.25, -0.2) is 4.39 Å². The summed E-state index contributed by atoms with van der Waals surface area (Å²) >= 11 is 6.03. The first kappa shape index (κ1) is 16.3. The van der Waals surface area contributed by atoms with Crippen molar-refractivity contribution in [2.24, 2.45) is 5.92 Å². The molecule has 0 amide bonds. The molecule has 1 fully saturated rings. The molecule has 0 aliphatic heterocycles. The Labute approximate surface area is 142 Å². The first-order valence-corrected chi connectivity index (χ1v) is 8.70. The summed E-state index contributed by atoms with van der Waals surface area (Å²) in [6, 6.07) is 11.1. The summed E-state index contributed by atoms with van der Waals surface area (Å²) < 4.78 is 19.7. The fraction of sp³-hybridized carbons (Fsp3) is 0.400. The standard InChI is InChI=1S/C20H22ClFO/c1-13-4-3-5-16(13)18-10-14(12-21)6-8-17(18)19-11-15(23-2)7-9-20(19)22/h6-11,13,16H,3-5,12H2,1-2H3/t13-,16+/m1/s1. The lowest BCUT2D eigenvalue weighted by Crippen LogP contribution is -2.05. The van der Waals surface area contributed by atoms with Crippen molar-refractivity contribution in [1.29, 1.82) is 0 Å². The Morgan fingerprint density at radius 1 is 1.13 bits per heavy atom. The zero-order valence-corrected chi connectivity index (χ0v) is 14.4. The molecule has 2 aromatic carbocycles. The normalized spacial score (nSPS) is 20.7. The summed E-state index contributed by atoms with van der Waals surface area (Å²) in [5, 5.41) is 0. The fourth-order valence-electron chi connectivity index (χ4n) is 3.69. The number of rotatable bonds is 4. The lowest BCUT2D eigenvalue weighted by atomic mass is 9.84. The van der Waals surface area contributed by atoms with Crippen LogP contribution >= 0.6 is 11.6 Å². The van der Waals surface area contributed by atoms with Crippen LogP contribution in [0.25, 0.3) is 11.1 Å². The van der Waals surface area contributed by atoms with Crippen LogP contribution in [0.3, 0.4) is 0 Å². The Morgan fingerprint density at radius 2 is 1.96 bits per heavy atom. The van der Waals surface area contributed by atoms with E-state index in [2.05, 4.69) is 13.0 Å². The summed E-state index contributed by atoms with van der Waals surface area (Å²) in [5.74, 6) is 2.03. The van der Waals surface area contributed by atoms with E-state index < -0.39 is 0 Å². The number of alkyl halides is 1. The van der Waals surface area contributed by atoms with E-state index >= 15 is 0 Å². The van der Waals surface area contributed by atoms with Crippen molar-refractivity contribution in [2.75, 3.05) is 7.11 Å². The van der Waals surface area contributed by atoms with Crippen LogP contribution in [0.2, 0.25) is 0 Å². The van der Waals surface area contributed by atoms with Crippen molar-refractivity contribution in [3.63, 3.8) is 0 Å². The van der Waals surface area contributed by atoms with Gasteiger partial charge < -0.3 is 4.74 Å². The van der Waals surface area contributed by atoms with Gasteiger partial charge in [0.05, 0.1) is 7.11 Å². The lowest BCUT2D eigenvalue weighted by Gasteiger charge is -2.21. The molecule has 0 saturated heterocycles. The molecule has 0 unspecified atom stereocenters. The Hall–Kier alpha value is -1.54. The number of hydrogen-bond acceptors (Lipinski definition) is 1. The molecule has 122 valence electrons. The maximum absolute atomic E-state index is 14.5. The molecule has 23 heavy (non-hydrogen) atoms. The molecule has 0 bridgehead atoms. The smallest absolute Gasteiger partial charge is 0.131 e. The van der Waals surface area contributed by atoms with Crippen LogP contribution in [0, 0.1) is 11.7 Å². The summed E-state index contributed by atoms with van der Waals surface area (Å²) in [7, 11) is 1.60. The van der Waals surface area contributed by atoms with E-state index in [1.54, 1.807) is 19.2 Å². The molecule has 1 aliphatic rings. The minimum atomic E-state index is -0.212. The van der Waals surface area contributed by atoms with E-state index in [9.17, 15) is 4.39 Å². The largest absolute Gasteiger partial charge is 0.497 e. The predicted octanol–water partition coefficient (Wildman–Crippen LogP) is 6.14. The third kappa shape index (κ3) is 3.23. The van der Waals surface area contributed by atoms with Crippen LogP contribution in [0.15, 0.2) is 36.4 Å². The van der Waals surface area contributed by atoms with Crippen molar-refractivity contribution < 1.29 is 9.13 Å². The van der Waals surface area contributed by atoms with E-state index in [4.69, 9.17) is 16.3 Å². The highest BCUT2D eigenvalue weighted by atomic mass is 35.5. The predicted molar refractivity (Wildman–Crippen MR) is 93.7 cm³/mol. The molecule has 1 saturated carbocycles. The first-order valence-electron chi connectivity index (χ1n) is 8.16. The van der Waals surface area contributed by atoms with Gasteiger partial charge in [-0.05, 0) is 53.1 Å². The van der Waals surface area contributed by atoms with E-state index in [1.165, 1.54) is 24.5 Å². The molecular weight excluding hydrogens is 311 g/mol. The summed E-state index contributed by atoms with van der Waals surface area (Å²) in [4.78, 5) is 0. The van der Waals surface area contributed by atoms with Crippen molar-refractivity contribution in [1.82, 2.24) is 0 Å². The summed E-state index contributed by atoms with van der Waals surface area (Å²) in [6.45, 7) is 2.29. The monoisotopic (exact) mass is 332 g/mol. The van der Waals surface area contributed by atoms with Gasteiger partial charge in [0, 0.05) is 11.4 Å². The minimum Gasteiger partial charge on any atom is -0.497 e. The van der Waals surface area contributed by atoms with Crippen LogP contribution in [0.4, 0.5) is 4.39 Å². The van der Waals surface area contributed by atoms with Gasteiger partial charge in [-0.2, -0.15) is 0 Å². The average molecular weight is 333 g/mol. The third-order valence-electron chi connectivity index (χ3n) is 4.99. The molecule has 0 N–H and O–H groups in total. The highest BCUT2D eigenvalue weighted by molar-refractivity contribution is 6.17. The molecule has 0 aromatic heterocycles. The van der Waals surface area contributed by atoms with Gasteiger partial charge in [0.2, 0.25) is 0 Å². The van der Waals surface area contributed by atoms with Crippen LogP contribution in [0.5, 0.6) is 5.75 Å². The highest BCUT2D eigenvalue weighted by Crippen LogP contribution is 2.44. The fourth-order valence-corrected chi connectivity index (χ4v) is 3.86. The number of hydrogen-bond donors (Lipinski definition) is 0. The van der Waals surface area contributed by atoms with Crippen molar-refractivity contribution in [3.05, 3.63) is 53.3 Å². The van der Waals surface area contributed by atoms with E-state index in [0.29, 0.717) is 29.0 Å². The van der Waals surface area contributed by atoms with E-state index in [-0.39, 0.29) is 5.82 Å². The second-order valence-electron chi connectivity index (χ2n) is 6.42. The van der Waals surface area contributed by atoms with Crippen molar-refractivity contribution in [2.45, 2.75) is 38.0 Å². The summed E-state index contributed by atoms with van der Waals surface area (Å²) in [6.07, 6.45) is 3.62. The molecule has 1 aliphatic carbocycles. The van der Waals surface area contributed by atoms with Gasteiger partial charge in [0.15, 0.2) is 0 Å². The third-order valence-corrected chi connectivity index (χ3v) is 5.30. The maximum atomic E-state index is 14.5. The summed E-state index contributed by atoms with van der Waals surface area (Å²) in [5.41, 5.74) is 3.89. The average Bonchev–Trinajstić information content (AvgIpc) is 3.01. The molecule has 3 rings (SSSR count). The molecule has 1 nitrogen and oxygen atoms in total. The van der Waals surface area contributed by atoms with Gasteiger partial charge in [-0.1, -0.05) is 38.0 Å². The molecule has 0 radical (unpaired) electrons. The van der Waals surface area contributed by atoms with Gasteiger partial charge in [0.1, 0.15) is 11.6 Å². The molecular formula is C20H22ClFO. The SMILES string of the molecule is COc1ccc(F)c(-c2ccc(CCl)cc2[C@H]2CCC[C@H]2C)c1. The molecule has 2 aromatic rings. The molecule has 2 atom stereocenters. The number of benzene rings is 2. The number of halogens is 2. The van der Waals surface area contributed by atoms with E-state index in [1.807, 2.05) is 12.1 Å². The van der Waals surface area contributed by atoms with Gasteiger partial charge in [-0.15, -0.1) is 11.6 Å². The zero-order valence-electron chi connectivity index (χ0n) is 13.6. The Kier molecular flexibility index (Phi) is 4.91. The van der Waals surface area contributed by atoms with Gasteiger partial charge in [-0.3, -0.25) is 0 Å². The van der Waals surface area contributed by atoms with Crippen LogP contribution < -0.4 is 4.74 Å². The topological polar surface area (TPSA) is 9.23 Å². The van der Waals surface area contributed by atoms with Gasteiger partial charge in [0.25, 0.3) is 0 Å². The van der Waals surface area contributed by atoms with Crippen molar-refractivity contribution in [3.8, 4) is 16.9 Å². The van der Waals surface area contributed by atoms with Crippen molar-refractivity contribution >= 4 is 11.6 Å². The molecule has 3 heteroatoms. The van der Waals surface area contributed by atoms with Crippen LogP contribution in [-0.4, -0.2) is 7.11 Å². The Balaban J connectivity index is 2.15. The minimum absolute atomic E-state index is 0.212. The molecule has 0 heterocycles. The number of ether oxygens (including phenoxy) is 1. The van der Waals surface area contributed by atoms with Crippen LogP contribution in [0.1, 0.15) is 43.2 Å². The molecule has 0 spiro atoms. The number of methoxy groups -OCH3 is 1. The maximum Gasteiger partial charge on any atom is 0.131 e. The second-order valence-corrected chi connectivity index (χ2v) is 6.68. The second kappa shape index (κ2) is 6.92. The Bertz CT molecular complexity index is 698. The van der Waals surface area contributed by atoms with Gasteiger partial charge >= 0.3 is 0 Å². The van der Waals surface area contributed by atoms with E-state index in [0.717, 1.165) is 17.5 Å². The Morgan fingerprint density at radius 3 is 2.61 bits per heavy atom. The quantitative estimate of drug-likeness (QED) is 0.611. The van der Waals surface area contributed by atoms with Crippen LogP contribution in [-0.2, 0) is 5.88 Å².